The number of carbonyl (C=O) groups excluding carboxylic acids is 1. The fraction of sp³-hybridized carbons (Fsp3) is 0.500. The molecule has 0 atom stereocenters. The molecule has 2 heterocycles. The minimum absolute atomic E-state index is 0.0619. The minimum Gasteiger partial charge on any atom is -0.349 e. The van der Waals surface area contributed by atoms with E-state index in [0.717, 1.165) is 7.05 Å². The van der Waals surface area contributed by atoms with Crippen LogP contribution in [0.4, 0.5) is 13.2 Å². The van der Waals surface area contributed by atoms with Crippen molar-refractivity contribution in [3.8, 4) is 0 Å². The van der Waals surface area contributed by atoms with Gasteiger partial charge >= 0.3 is 11.9 Å². The first-order chi connectivity index (χ1) is 10.2. The van der Waals surface area contributed by atoms with Gasteiger partial charge in [-0.05, 0) is 0 Å². The molecule has 0 bridgehead atoms. The van der Waals surface area contributed by atoms with Crippen molar-refractivity contribution >= 4 is 5.91 Å². The van der Waals surface area contributed by atoms with E-state index in [1.54, 1.807) is 7.05 Å². The Kier molecular flexibility index (Phi) is 4.01. The Bertz CT molecular complexity index is 743. The van der Waals surface area contributed by atoms with Crippen molar-refractivity contribution < 1.29 is 18.0 Å². The summed E-state index contributed by atoms with van der Waals surface area (Å²) in [5.74, 6) is -1.84. The first kappa shape index (κ1) is 15.7. The lowest BCUT2D eigenvalue weighted by Crippen LogP contribution is -2.32. The lowest BCUT2D eigenvalue weighted by Gasteiger charge is -2.03. The number of amides is 1. The lowest BCUT2D eigenvalue weighted by molar-refractivity contribution is -0.147. The summed E-state index contributed by atoms with van der Waals surface area (Å²) in [6, 6.07) is 0. The Morgan fingerprint density at radius 3 is 2.55 bits per heavy atom. The predicted octanol–water partition coefficient (Wildman–Crippen LogP) is -0.841. The van der Waals surface area contributed by atoms with Crippen LogP contribution >= 0.6 is 0 Å². The molecule has 2 aromatic rings. The van der Waals surface area contributed by atoms with Gasteiger partial charge in [0.2, 0.25) is 5.82 Å². The predicted molar refractivity (Wildman–Crippen MR) is 65.8 cm³/mol. The zero-order chi connectivity index (χ0) is 16.5. The van der Waals surface area contributed by atoms with E-state index in [9.17, 15) is 22.8 Å². The highest BCUT2D eigenvalue weighted by Crippen LogP contribution is 2.25. The molecule has 0 aromatic carbocycles. The number of rotatable bonds is 4. The maximum Gasteiger partial charge on any atom is 0.451 e. The number of hydrogen-bond donors (Lipinski definition) is 1. The van der Waals surface area contributed by atoms with Crippen LogP contribution in [-0.4, -0.2) is 41.8 Å². The second-order valence-electron chi connectivity index (χ2n) is 4.42. The van der Waals surface area contributed by atoms with Crippen LogP contribution in [0, 0.1) is 0 Å². The van der Waals surface area contributed by atoms with Gasteiger partial charge in [-0.25, -0.2) is 9.48 Å². The molecule has 120 valence electrons. The maximum absolute atomic E-state index is 12.6. The fourth-order valence-corrected chi connectivity index (χ4v) is 1.70. The Balaban J connectivity index is 2.01. The molecule has 0 aliphatic rings. The Morgan fingerprint density at radius 1 is 1.36 bits per heavy atom. The number of aryl methyl sites for hydroxylation is 1. The van der Waals surface area contributed by atoms with Crippen molar-refractivity contribution in [2.75, 3.05) is 6.54 Å². The third-order valence-electron chi connectivity index (χ3n) is 2.74. The molecule has 1 N–H and O–H groups in total. The molecule has 1 amide bonds. The smallest absolute Gasteiger partial charge is 0.349 e. The molecule has 12 heteroatoms. The van der Waals surface area contributed by atoms with Crippen molar-refractivity contribution in [1.29, 1.82) is 0 Å². The molecule has 0 saturated heterocycles. The fourth-order valence-electron chi connectivity index (χ4n) is 1.70. The summed E-state index contributed by atoms with van der Waals surface area (Å²) in [5, 5.41) is 12.8. The number of carbonyl (C=O) groups is 1. The van der Waals surface area contributed by atoms with Crippen LogP contribution in [0.2, 0.25) is 0 Å². The molecule has 0 unspecified atom stereocenters. The van der Waals surface area contributed by atoms with Gasteiger partial charge in [-0.15, -0.1) is 10.2 Å². The van der Waals surface area contributed by atoms with Gasteiger partial charge in [-0.1, -0.05) is 5.21 Å². The Morgan fingerprint density at radius 2 is 2.05 bits per heavy atom. The monoisotopic (exact) mass is 319 g/mol. The van der Waals surface area contributed by atoms with Gasteiger partial charge in [-0.2, -0.15) is 13.2 Å². The van der Waals surface area contributed by atoms with E-state index in [4.69, 9.17) is 0 Å². The van der Waals surface area contributed by atoms with E-state index in [-0.39, 0.29) is 18.8 Å². The lowest BCUT2D eigenvalue weighted by atomic mass is 10.4. The first-order valence-electron chi connectivity index (χ1n) is 6.05. The second-order valence-corrected chi connectivity index (χ2v) is 4.42. The third kappa shape index (κ3) is 3.15. The molecular weight excluding hydrogens is 307 g/mol. The largest absolute Gasteiger partial charge is 0.451 e. The topological polar surface area (TPSA) is 99.6 Å². The van der Waals surface area contributed by atoms with E-state index < -0.39 is 23.6 Å². The van der Waals surface area contributed by atoms with Gasteiger partial charge in [0.1, 0.15) is 0 Å². The summed E-state index contributed by atoms with van der Waals surface area (Å²) < 4.78 is 40.2. The van der Waals surface area contributed by atoms with Crippen LogP contribution in [-0.2, 0) is 26.8 Å². The van der Waals surface area contributed by atoms with Crippen LogP contribution in [0.3, 0.4) is 0 Å². The molecule has 22 heavy (non-hydrogen) atoms. The zero-order valence-electron chi connectivity index (χ0n) is 11.6. The standard InChI is InChI=1S/C10H12F3N7O2/c1-18-5-6(15-17-18)7(21)14-3-4-20-9(22)19(2)8(16-20)10(11,12)13/h5H,3-4H2,1-2H3,(H,14,21). The van der Waals surface area contributed by atoms with Crippen molar-refractivity contribution in [3.05, 3.63) is 28.2 Å². The summed E-state index contributed by atoms with van der Waals surface area (Å²) in [4.78, 5) is 23.3. The van der Waals surface area contributed by atoms with Crippen molar-refractivity contribution in [2.45, 2.75) is 12.7 Å². The highest BCUT2D eigenvalue weighted by molar-refractivity contribution is 5.91. The van der Waals surface area contributed by atoms with E-state index >= 15 is 0 Å². The van der Waals surface area contributed by atoms with Gasteiger partial charge in [0.05, 0.1) is 12.7 Å². The van der Waals surface area contributed by atoms with Gasteiger partial charge in [0.15, 0.2) is 5.69 Å². The summed E-state index contributed by atoms with van der Waals surface area (Å²) in [7, 11) is 2.56. The van der Waals surface area contributed by atoms with Gasteiger partial charge in [-0.3, -0.25) is 14.0 Å². The van der Waals surface area contributed by atoms with E-state index in [1.165, 1.54) is 10.9 Å². The van der Waals surface area contributed by atoms with Crippen molar-refractivity contribution in [1.82, 2.24) is 34.7 Å². The zero-order valence-corrected chi connectivity index (χ0v) is 11.6. The highest BCUT2D eigenvalue weighted by atomic mass is 19.4. The van der Waals surface area contributed by atoms with Crippen LogP contribution < -0.4 is 11.0 Å². The number of halogens is 3. The average molecular weight is 319 g/mol. The summed E-state index contributed by atoms with van der Waals surface area (Å²) >= 11 is 0. The maximum atomic E-state index is 12.6. The average Bonchev–Trinajstić information content (AvgIpc) is 2.96. The Hall–Kier alpha value is -2.66. The third-order valence-corrected chi connectivity index (χ3v) is 2.74. The number of alkyl halides is 3. The van der Waals surface area contributed by atoms with Crippen molar-refractivity contribution in [2.24, 2.45) is 14.1 Å². The molecule has 0 aliphatic carbocycles. The quantitative estimate of drug-likeness (QED) is 0.792. The van der Waals surface area contributed by atoms with Crippen LogP contribution in [0.5, 0.6) is 0 Å². The number of nitrogens with one attached hydrogen (secondary N) is 1. The summed E-state index contributed by atoms with van der Waals surface area (Å²) in [6.45, 7) is -0.279. The molecule has 0 saturated carbocycles. The molecule has 0 fully saturated rings. The highest BCUT2D eigenvalue weighted by Gasteiger charge is 2.37. The summed E-state index contributed by atoms with van der Waals surface area (Å²) in [6.07, 6.45) is -3.34. The van der Waals surface area contributed by atoms with E-state index in [1.807, 2.05) is 0 Å². The van der Waals surface area contributed by atoms with Crippen LogP contribution in [0.25, 0.3) is 0 Å². The molecule has 0 spiro atoms. The molecule has 2 rings (SSSR count). The number of aromatic nitrogens is 6. The van der Waals surface area contributed by atoms with Crippen molar-refractivity contribution in [3.63, 3.8) is 0 Å². The van der Waals surface area contributed by atoms with Gasteiger partial charge in [0, 0.05) is 20.6 Å². The molecule has 0 radical (unpaired) electrons. The first-order valence-corrected chi connectivity index (χ1v) is 6.05. The number of hydrogen-bond acceptors (Lipinski definition) is 5. The molecule has 9 nitrogen and oxygen atoms in total. The Labute approximate surface area is 121 Å². The summed E-state index contributed by atoms with van der Waals surface area (Å²) in [5.41, 5.74) is -0.854. The minimum atomic E-state index is -4.72. The van der Waals surface area contributed by atoms with Crippen LogP contribution in [0.15, 0.2) is 11.0 Å². The number of nitrogens with zero attached hydrogens (tertiary/aromatic N) is 6. The molecule has 2 aromatic heterocycles. The second kappa shape index (κ2) is 5.61. The van der Waals surface area contributed by atoms with Crippen LogP contribution in [0.1, 0.15) is 16.3 Å². The van der Waals surface area contributed by atoms with Gasteiger partial charge in [0.25, 0.3) is 5.91 Å². The SMILES string of the molecule is Cn1cc(C(=O)NCCn2nc(C(F)(F)F)n(C)c2=O)nn1. The molecular formula is C10H12F3N7O2. The van der Waals surface area contributed by atoms with E-state index in [2.05, 4.69) is 20.7 Å². The van der Waals surface area contributed by atoms with E-state index in [0.29, 0.717) is 9.25 Å². The molecule has 0 aliphatic heterocycles. The normalized spacial score (nSPS) is 11.7. The van der Waals surface area contributed by atoms with Gasteiger partial charge < -0.3 is 5.32 Å².